The van der Waals surface area contributed by atoms with Crippen molar-refractivity contribution in [3.63, 3.8) is 0 Å². The Morgan fingerprint density at radius 2 is 1.85 bits per heavy atom. The summed E-state index contributed by atoms with van der Waals surface area (Å²) >= 11 is 0. The van der Waals surface area contributed by atoms with Gasteiger partial charge >= 0.3 is 11.9 Å². The summed E-state index contributed by atoms with van der Waals surface area (Å²) in [6, 6.07) is 0. The third-order valence-corrected chi connectivity index (χ3v) is 1.34. The monoisotopic (exact) mass is 213 g/mol. The largest absolute Gasteiger partial charge is 0.391 e. The Labute approximate surface area is 120 Å². The summed E-state index contributed by atoms with van der Waals surface area (Å²) < 4.78 is 4.22. The van der Waals surface area contributed by atoms with Crippen molar-refractivity contribution in [2.75, 3.05) is 6.61 Å². The van der Waals surface area contributed by atoms with Crippen molar-refractivity contribution in [3.8, 4) is 0 Å². The number of esters is 2. The van der Waals surface area contributed by atoms with E-state index in [1.54, 1.807) is 0 Å². The Morgan fingerprint density at radius 3 is 2.31 bits per heavy atom. The second-order valence-electron chi connectivity index (χ2n) is 2.46. The van der Waals surface area contributed by atoms with Crippen molar-refractivity contribution in [2.24, 2.45) is 0 Å². The summed E-state index contributed by atoms with van der Waals surface area (Å²) in [6.07, 6.45) is 2.94. The Kier molecular flexibility index (Phi) is 13.5. The van der Waals surface area contributed by atoms with Gasteiger partial charge in [0.2, 0.25) is 0 Å². The van der Waals surface area contributed by atoms with Crippen LogP contribution in [-0.4, -0.2) is 75.0 Å². The van der Waals surface area contributed by atoms with E-state index in [0.717, 1.165) is 19.3 Å². The summed E-state index contributed by atoms with van der Waals surface area (Å²) in [5.74, 6) is -1.43. The van der Waals surface area contributed by atoms with Crippen LogP contribution in [-0.2, 0) is 14.3 Å². The van der Waals surface area contributed by atoms with Crippen molar-refractivity contribution in [1.82, 2.24) is 0 Å². The molecule has 0 saturated carbocycles. The number of aliphatic hydroxyl groups is 1. The zero-order valence-electron chi connectivity index (χ0n) is 8.21. The zero-order valence-corrected chi connectivity index (χ0v) is 11.3. The van der Waals surface area contributed by atoms with E-state index in [1.165, 1.54) is 0 Å². The van der Waals surface area contributed by atoms with Crippen molar-refractivity contribution < 1.29 is 19.4 Å². The van der Waals surface area contributed by atoms with Crippen molar-refractivity contribution >= 4 is 63.3 Å². The number of carbonyl (C=O) groups is 2. The molecule has 0 aliphatic heterocycles. The molecule has 0 aliphatic carbocycles. The zero-order chi connectivity index (χ0) is 9.40. The van der Waals surface area contributed by atoms with Gasteiger partial charge in [-0.3, -0.25) is 4.79 Å². The molecule has 4 nitrogen and oxygen atoms in total. The van der Waals surface area contributed by atoms with Crippen LogP contribution in [0.4, 0.5) is 0 Å². The maximum absolute atomic E-state index is 10.7. The van der Waals surface area contributed by atoms with Gasteiger partial charge in [-0.1, -0.05) is 19.8 Å². The SMILES string of the molecule is CCCCCC(=O)OC(=O)CO.[K]. The minimum absolute atomic E-state index is 0. The number of hydrogen-bond donors (Lipinski definition) is 1. The van der Waals surface area contributed by atoms with Crippen molar-refractivity contribution in [1.29, 1.82) is 0 Å². The molecular formula is C8H14KO4. The maximum Gasteiger partial charge on any atom is 0.339 e. The first-order valence-electron chi connectivity index (χ1n) is 4.05. The van der Waals surface area contributed by atoms with Gasteiger partial charge in [0.15, 0.2) is 0 Å². The molecule has 0 aromatic heterocycles. The predicted octanol–water partition coefficient (Wildman–Crippen LogP) is 0.248. The van der Waals surface area contributed by atoms with Gasteiger partial charge < -0.3 is 9.84 Å². The van der Waals surface area contributed by atoms with Crippen LogP contribution in [0.25, 0.3) is 0 Å². The minimum atomic E-state index is -0.878. The van der Waals surface area contributed by atoms with E-state index in [9.17, 15) is 9.59 Å². The number of carbonyl (C=O) groups excluding carboxylic acids is 2. The molecule has 13 heavy (non-hydrogen) atoms. The number of unbranched alkanes of at least 4 members (excludes halogenated alkanes) is 2. The second-order valence-corrected chi connectivity index (χ2v) is 2.46. The van der Waals surface area contributed by atoms with Crippen LogP contribution in [0.1, 0.15) is 32.6 Å². The first-order valence-corrected chi connectivity index (χ1v) is 4.05. The van der Waals surface area contributed by atoms with Gasteiger partial charge in [0.05, 0.1) is 0 Å². The fraction of sp³-hybridized carbons (Fsp3) is 0.750. The molecule has 5 heteroatoms. The molecule has 0 bridgehead atoms. The Morgan fingerprint density at radius 1 is 1.23 bits per heavy atom. The quantitative estimate of drug-likeness (QED) is 0.308. The van der Waals surface area contributed by atoms with Crippen LogP contribution in [0.3, 0.4) is 0 Å². The molecule has 0 aromatic rings. The average molecular weight is 213 g/mol. The van der Waals surface area contributed by atoms with Gasteiger partial charge in [-0.15, -0.1) is 0 Å². The maximum atomic E-state index is 10.7. The number of rotatable bonds is 5. The fourth-order valence-corrected chi connectivity index (χ4v) is 0.730. The van der Waals surface area contributed by atoms with Gasteiger partial charge in [0.25, 0.3) is 0 Å². The topological polar surface area (TPSA) is 63.6 Å². The smallest absolute Gasteiger partial charge is 0.339 e. The van der Waals surface area contributed by atoms with Gasteiger partial charge in [-0.2, -0.15) is 0 Å². The molecule has 1 N–H and O–H groups in total. The van der Waals surface area contributed by atoms with Crippen molar-refractivity contribution in [2.45, 2.75) is 32.6 Å². The van der Waals surface area contributed by atoms with Gasteiger partial charge in [0.1, 0.15) is 6.61 Å². The van der Waals surface area contributed by atoms with E-state index < -0.39 is 18.5 Å². The van der Waals surface area contributed by atoms with E-state index in [0.29, 0.717) is 0 Å². The third kappa shape index (κ3) is 10.7. The first kappa shape index (κ1) is 16.2. The van der Waals surface area contributed by atoms with E-state index in [2.05, 4.69) is 4.74 Å². The van der Waals surface area contributed by atoms with Gasteiger partial charge in [-0.25, -0.2) is 4.79 Å². The first-order chi connectivity index (χ1) is 5.70. The molecule has 0 heterocycles. The van der Waals surface area contributed by atoms with Crippen molar-refractivity contribution in [3.05, 3.63) is 0 Å². The number of ether oxygens (including phenoxy) is 1. The van der Waals surface area contributed by atoms with E-state index >= 15 is 0 Å². The van der Waals surface area contributed by atoms with Crippen LogP contribution in [0.5, 0.6) is 0 Å². The third-order valence-electron chi connectivity index (χ3n) is 1.34. The Balaban J connectivity index is 0. The fourth-order valence-electron chi connectivity index (χ4n) is 0.730. The summed E-state index contributed by atoms with van der Waals surface area (Å²) in [4.78, 5) is 21.1. The predicted molar refractivity (Wildman–Crippen MR) is 48.1 cm³/mol. The summed E-state index contributed by atoms with van der Waals surface area (Å²) in [6.45, 7) is 1.28. The standard InChI is InChI=1S/C8H14O4.K/c1-2-3-4-5-7(10)12-8(11)6-9;/h9H,2-6H2,1H3;. The van der Waals surface area contributed by atoms with E-state index in [-0.39, 0.29) is 57.8 Å². The summed E-state index contributed by atoms with van der Waals surface area (Å²) in [5.41, 5.74) is 0. The number of hydrogen-bond acceptors (Lipinski definition) is 4. The number of aliphatic hydroxyl groups excluding tert-OH is 1. The molecule has 0 spiro atoms. The molecule has 71 valence electrons. The summed E-state index contributed by atoms with van der Waals surface area (Å²) in [7, 11) is 0. The molecule has 0 atom stereocenters. The molecule has 0 aliphatic rings. The van der Waals surface area contributed by atoms with E-state index in [1.807, 2.05) is 6.92 Å². The average Bonchev–Trinajstić information content (AvgIpc) is 2.05. The molecule has 0 fully saturated rings. The van der Waals surface area contributed by atoms with Crippen LogP contribution < -0.4 is 0 Å². The van der Waals surface area contributed by atoms with Gasteiger partial charge in [-0.05, 0) is 6.42 Å². The molecule has 1 radical (unpaired) electrons. The molecule has 0 rings (SSSR count). The molecule has 0 unspecified atom stereocenters. The van der Waals surface area contributed by atoms with Crippen LogP contribution in [0, 0.1) is 0 Å². The minimum Gasteiger partial charge on any atom is -0.391 e. The van der Waals surface area contributed by atoms with E-state index in [4.69, 9.17) is 5.11 Å². The Hall–Kier alpha value is 0.736. The normalized spacial score (nSPS) is 8.77. The molecule has 0 saturated heterocycles. The molecule has 0 amide bonds. The summed E-state index contributed by atoms with van der Waals surface area (Å²) in [5, 5.41) is 8.23. The van der Waals surface area contributed by atoms with Crippen LogP contribution >= 0.6 is 0 Å². The van der Waals surface area contributed by atoms with Crippen LogP contribution in [0.15, 0.2) is 0 Å². The van der Waals surface area contributed by atoms with Crippen LogP contribution in [0.2, 0.25) is 0 Å². The molecular weight excluding hydrogens is 199 g/mol. The molecule has 0 aromatic carbocycles. The Bertz CT molecular complexity index is 158. The second kappa shape index (κ2) is 10.8. The van der Waals surface area contributed by atoms with Gasteiger partial charge in [0, 0.05) is 57.8 Å².